The summed E-state index contributed by atoms with van der Waals surface area (Å²) in [4.78, 5) is 13.9. The van der Waals surface area contributed by atoms with Gasteiger partial charge in [-0.15, -0.1) is 0 Å². The highest BCUT2D eigenvalue weighted by molar-refractivity contribution is 6.08. The Morgan fingerprint density at radius 3 is 2.62 bits per heavy atom. The molecule has 0 fully saturated rings. The summed E-state index contributed by atoms with van der Waals surface area (Å²) in [5.41, 5.74) is 0.817. The Labute approximate surface area is 47.0 Å². The van der Waals surface area contributed by atoms with Gasteiger partial charge in [0.1, 0.15) is 0 Å². The first-order chi connectivity index (χ1) is 3.72. The average molecular weight is 113 g/mol. The van der Waals surface area contributed by atoms with E-state index in [4.69, 9.17) is 5.11 Å². The maximum Gasteiger partial charge on any atom is 0.312 e. The van der Waals surface area contributed by atoms with Gasteiger partial charge in [-0.3, -0.25) is 9.79 Å². The molecular weight excluding hydrogens is 106 g/mol. The quantitative estimate of drug-likeness (QED) is 0.554. The lowest BCUT2D eigenvalue weighted by atomic mass is 10.1. The fraction of sp³-hybridized carbons (Fsp3) is 0.600. The highest BCUT2D eigenvalue weighted by Gasteiger charge is 2.23. The van der Waals surface area contributed by atoms with Crippen molar-refractivity contribution in [2.75, 3.05) is 6.54 Å². The zero-order chi connectivity index (χ0) is 6.15. The molecule has 1 heterocycles. The van der Waals surface area contributed by atoms with Crippen molar-refractivity contribution in [3.05, 3.63) is 0 Å². The van der Waals surface area contributed by atoms with Gasteiger partial charge in [-0.25, -0.2) is 0 Å². The van der Waals surface area contributed by atoms with Crippen LogP contribution in [0.5, 0.6) is 0 Å². The molecule has 0 aromatic carbocycles. The van der Waals surface area contributed by atoms with Crippen LogP contribution in [0.3, 0.4) is 0 Å². The van der Waals surface area contributed by atoms with Gasteiger partial charge < -0.3 is 5.11 Å². The molecule has 1 aliphatic heterocycles. The molecule has 1 unspecified atom stereocenters. The standard InChI is InChI=1S/C5H7NO2/c1-3(5(7)8)4-2-6-4/h3H,2H2,1H3,(H,7,8). The van der Waals surface area contributed by atoms with Crippen LogP contribution >= 0.6 is 0 Å². The van der Waals surface area contributed by atoms with Crippen molar-refractivity contribution in [2.24, 2.45) is 10.9 Å². The predicted octanol–water partition coefficient (Wildman–Crippen LogP) is 0.162. The SMILES string of the molecule is CC(C(=O)O)C1=NC1. The second-order valence-electron chi connectivity index (χ2n) is 1.87. The first-order valence-electron chi connectivity index (χ1n) is 2.48. The molecule has 1 rings (SSSR count). The summed E-state index contributed by atoms with van der Waals surface area (Å²) in [7, 11) is 0. The number of hydrogen-bond acceptors (Lipinski definition) is 2. The molecule has 0 radical (unpaired) electrons. The monoisotopic (exact) mass is 113 g/mol. The van der Waals surface area contributed by atoms with E-state index >= 15 is 0 Å². The Balaban J connectivity index is 2.45. The van der Waals surface area contributed by atoms with Crippen LogP contribution in [0.2, 0.25) is 0 Å². The van der Waals surface area contributed by atoms with Crippen LogP contribution in [0, 0.1) is 5.92 Å². The molecular formula is C5H7NO2. The lowest BCUT2D eigenvalue weighted by Gasteiger charge is -1.93. The number of rotatable bonds is 2. The largest absolute Gasteiger partial charge is 0.481 e. The molecule has 0 aromatic heterocycles. The zero-order valence-corrected chi connectivity index (χ0v) is 4.59. The molecule has 1 aliphatic rings. The Morgan fingerprint density at radius 2 is 2.50 bits per heavy atom. The summed E-state index contributed by atoms with van der Waals surface area (Å²) in [5, 5.41) is 8.31. The second kappa shape index (κ2) is 1.58. The summed E-state index contributed by atoms with van der Waals surface area (Å²) >= 11 is 0. The Kier molecular flexibility index (Phi) is 1.04. The van der Waals surface area contributed by atoms with E-state index in [0.29, 0.717) is 6.54 Å². The van der Waals surface area contributed by atoms with Crippen molar-refractivity contribution in [3.63, 3.8) is 0 Å². The number of carboxylic acid groups (broad SMARTS) is 1. The number of aliphatic imine (C=N–C) groups is 1. The molecule has 3 nitrogen and oxygen atoms in total. The third kappa shape index (κ3) is 0.857. The molecule has 44 valence electrons. The Morgan fingerprint density at radius 1 is 2.00 bits per heavy atom. The van der Waals surface area contributed by atoms with E-state index in [0.717, 1.165) is 5.71 Å². The van der Waals surface area contributed by atoms with Crippen LogP contribution in [0.4, 0.5) is 0 Å². The van der Waals surface area contributed by atoms with Crippen molar-refractivity contribution in [2.45, 2.75) is 6.92 Å². The molecule has 3 heteroatoms. The normalized spacial score (nSPS) is 19.4. The molecule has 8 heavy (non-hydrogen) atoms. The molecule has 0 saturated carbocycles. The van der Waals surface area contributed by atoms with Gasteiger partial charge in [-0.1, -0.05) is 0 Å². The average Bonchev–Trinajstić information content (AvgIpc) is 2.43. The smallest absolute Gasteiger partial charge is 0.312 e. The minimum absolute atomic E-state index is 0.352. The summed E-state index contributed by atoms with van der Waals surface area (Å²) in [6, 6.07) is 0. The number of carboxylic acids is 1. The molecule has 0 aliphatic carbocycles. The van der Waals surface area contributed by atoms with Crippen LogP contribution < -0.4 is 0 Å². The predicted molar refractivity (Wildman–Crippen MR) is 29.1 cm³/mol. The van der Waals surface area contributed by atoms with E-state index in [9.17, 15) is 4.79 Å². The lowest BCUT2D eigenvalue weighted by molar-refractivity contribution is -0.138. The first kappa shape index (κ1) is 5.28. The van der Waals surface area contributed by atoms with E-state index < -0.39 is 5.97 Å². The van der Waals surface area contributed by atoms with E-state index in [1.807, 2.05) is 0 Å². The summed E-state index contributed by atoms with van der Waals surface area (Å²) in [5.74, 6) is -1.13. The van der Waals surface area contributed by atoms with Gasteiger partial charge in [-0.05, 0) is 6.92 Å². The van der Waals surface area contributed by atoms with Gasteiger partial charge in [-0.2, -0.15) is 0 Å². The van der Waals surface area contributed by atoms with Crippen molar-refractivity contribution in [1.82, 2.24) is 0 Å². The molecule has 0 aromatic rings. The van der Waals surface area contributed by atoms with Crippen LogP contribution in [0.25, 0.3) is 0 Å². The van der Waals surface area contributed by atoms with E-state index in [2.05, 4.69) is 4.99 Å². The maximum absolute atomic E-state index is 10.1. The first-order valence-corrected chi connectivity index (χ1v) is 2.48. The minimum atomic E-state index is -0.777. The molecule has 0 saturated heterocycles. The van der Waals surface area contributed by atoms with Crippen LogP contribution in [-0.4, -0.2) is 23.3 Å². The Hall–Kier alpha value is -0.860. The summed E-state index contributed by atoms with van der Waals surface area (Å²) in [6.07, 6.45) is 0. The molecule has 0 spiro atoms. The van der Waals surface area contributed by atoms with Crippen molar-refractivity contribution in [3.8, 4) is 0 Å². The minimum Gasteiger partial charge on any atom is -0.481 e. The summed E-state index contributed by atoms with van der Waals surface area (Å²) in [6.45, 7) is 2.31. The number of hydrogen-bond donors (Lipinski definition) is 1. The summed E-state index contributed by atoms with van der Waals surface area (Å²) < 4.78 is 0. The third-order valence-electron chi connectivity index (χ3n) is 1.21. The van der Waals surface area contributed by atoms with Crippen LogP contribution in [0.1, 0.15) is 6.92 Å². The van der Waals surface area contributed by atoms with E-state index in [1.165, 1.54) is 0 Å². The molecule has 1 atom stereocenters. The maximum atomic E-state index is 10.1. The topological polar surface area (TPSA) is 49.7 Å². The lowest BCUT2D eigenvalue weighted by Crippen LogP contribution is -2.13. The van der Waals surface area contributed by atoms with Crippen molar-refractivity contribution >= 4 is 11.7 Å². The van der Waals surface area contributed by atoms with Gasteiger partial charge in [0, 0.05) is 5.71 Å². The van der Waals surface area contributed by atoms with Crippen LogP contribution in [-0.2, 0) is 4.79 Å². The van der Waals surface area contributed by atoms with Crippen molar-refractivity contribution < 1.29 is 9.90 Å². The van der Waals surface area contributed by atoms with Crippen LogP contribution in [0.15, 0.2) is 4.99 Å². The number of aliphatic carboxylic acids is 1. The third-order valence-corrected chi connectivity index (χ3v) is 1.21. The van der Waals surface area contributed by atoms with Gasteiger partial charge in [0.25, 0.3) is 0 Å². The van der Waals surface area contributed by atoms with Gasteiger partial charge in [0.05, 0.1) is 12.5 Å². The second-order valence-corrected chi connectivity index (χ2v) is 1.87. The molecule has 0 bridgehead atoms. The Bertz CT molecular complexity index is 149. The zero-order valence-electron chi connectivity index (χ0n) is 4.59. The fourth-order valence-electron chi connectivity index (χ4n) is 0.462. The van der Waals surface area contributed by atoms with Gasteiger partial charge in [0.2, 0.25) is 0 Å². The number of nitrogens with zero attached hydrogens (tertiary/aromatic N) is 1. The number of carbonyl (C=O) groups is 1. The molecule has 1 N–H and O–H groups in total. The van der Waals surface area contributed by atoms with E-state index in [1.54, 1.807) is 6.92 Å². The van der Waals surface area contributed by atoms with Gasteiger partial charge >= 0.3 is 5.97 Å². The highest BCUT2D eigenvalue weighted by Crippen LogP contribution is 2.08. The highest BCUT2D eigenvalue weighted by atomic mass is 16.4. The molecule has 0 amide bonds. The van der Waals surface area contributed by atoms with Crippen molar-refractivity contribution in [1.29, 1.82) is 0 Å². The van der Waals surface area contributed by atoms with Gasteiger partial charge in [0.15, 0.2) is 0 Å². The van der Waals surface area contributed by atoms with E-state index in [-0.39, 0.29) is 5.92 Å². The fourth-order valence-corrected chi connectivity index (χ4v) is 0.462.